The Hall–Kier alpha value is -2.54. The first-order valence-corrected chi connectivity index (χ1v) is 6.02. The molecule has 0 atom stereocenters. The van der Waals surface area contributed by atoms with Gasteiger partial charge in [0.2, 0.25) is 0 Å². The monoisotopic (exact) mass is 275 g/mol. The fourth-order valence-corrected chi connectivity index (χ4v) is 1.73. The predicted octanol–water partition coefficient (Wildman–Crippen LogP) is 1.89. The summed E-state index contributed by atoms with van der Waals surface area (Å²) in [5.74, 6) is -1.28. The highest BCUT2D eigenvalue weighted by Crippen LogP contribution is 2.12. The number of amides is 1. The number of hydrogen-bond acceptors (Lipinski definition) is 5. The number of aliphatic carboxylic acids is 1. The van der Waals surface area contributed by atoms with Crippen molar-refractivity contribution in [2.45, 2.75) is 0 Å². The standard InChI is InChI=1S/C12H9N3O3S/c16-11(17)6-3-8-1-4-9(5-2-8)12(18)14-10-7-13-15-19-10/h1-7H,(H,14,18)(H,16,17)/b6-3+. The van der Waals surface area contributed by atoms with Gasteiger partial charge in [0, 0.05) is 23.2 Å². The Morgan fingerprint density at radius 2 is 2.00 bits per heavy atom. The summed E-state index contributed by atoms with van der Waals surface area (Å²) in [5, 5.41) is 15.3. The quantitative estimate of drug-likeness (QED) is 0.831. The minimum atomic E-state index is -1.01. The van der Waals surface area contributed by atoms with E-state index in [4.69, 9.17) is 5.11 Å². The second-order valence-corrected chi connectivity index (χ2v) is 4.32. The van der Waals surface area contributed by atoms with E-state index in [0.717, 1.165) is 17.6 Å². The lowest BCUT2D eigenvalue weighted by Crippen LogP contribution is -2.10. The summed E-state index contributed by atoms with van der Waals surface area (Å²) in [6, 6.07) is 6.56. The largest absolute Gasteiger partial charge is 0.478 e. The van der Waals surface area contributed by atoms with Crippen LogP contribution < -0.4 is 5.32 Å². The molecule has 0 saturated heterocycles. The molecular formula is C12H9N3O3S. The van der Waals surface area contributed by atoms with E-state index in [0.29, 0.717) is 16.1 Å². The molecule has 0 fully saturated rings. The van der Waals surface area contributed by atoms with Crippen LogP contribution in [0.3, 0.4) is 0 Å². The lowest BCUT2D eigenvalue weighted by atomic mass is 10.1. The summed E-state index contributed by atoms with van der Waals surface area (Å²) in [4.78, 5) is 22.2. The summed E-state index contributed by atoms with van der Waals surface area (Å²) < 4.78 is 3.64. The molecule has 0 radical (unpaired) electrons. The van der Waals surface area contributed by atoms with E-state index in [1.165, 1.54) is 12.3 Å². The molecule has 0 bridgehead atoms. The fourth-order valence-electron chi connectivity index (χ4n) is 1.32. The molecule has 2 N–H and O–H groups in total. The molecule has 0 aliphatic carbocycles. The van der Waals surface area contributed by atoms with Gasteiger partial charge in [-0.2, -0.15) is 0 Å². The predicted molar refractivity (Wildman–Crippen MR) is 71.0 cm³/mol. The SMILES string of the molecule is O=C(O)/C=C/c1ccc(C(=O)Nc2cnns2)cc1. The van der Waals surface area contributed by atoms with Gasteiger partial charge >= 0.3 is 5.97 Å². The molecule has 0 aliphatic heterocycles. The van der Waals surface area contributed by atoms with Crippen LogP contribution in [0.15, 0.2) is 36.5 Å². The van der Waals surface area contributed by atoms with Gasteiger partial charge in [-0.15, -0.1) is 5.10 Å². The van der Waals surface area contributed by atoms with Gasteiger partial charge in [0.15, 0.2) is 0 Å². The molecule has 1 aromatic heterocycles. The van der Waals surface area contributed by atoms with Crippen molar-refractivity contribution in [3.05, 3.63) is 47.7 Å². The summed E-state index contributed by atoms with van der Waals surface area (Å²) in [7, 11) is 0. The zero-order chi connectivity index (χ0) is 13.7. The van der Waals surface area contributed by atoms with E-state index in [1.54, 1.807) is 24.3 Å². The van der Waals surface area contributed by atoms with Gasteiger partial charge in [-0.05, 0) is 23.8 Å². The maximum atomic E-state index is 11.8. The molecule has 7 heteroatoms. The Kier molecular flexibility index (Phi) is 3.99. The van der Waals surface area contributed by atoms with Gasteiger partial charge in [0.1, 0.15) is 5.00 Å². The number of nitrogens with zero attached hydrogens (tertiary/aromatic N) is 2. The molecular weight excluding hydrogens is 266 g/mol. The molecule has 96 valence electrons. The second-order valence-electron chi connectivity index (χ2n) is 3.53. The first-order chi connectivity index (χ1) is 9.15. The van der Waals surface area contributed by atoms with Crippen LogP contribution in [0.1, 0.15) is 15.9 Å². The molecule has 1 amide bonds. The van der Waals surface area contributed by atoms with E-state index >= 15 is 0 Å². The lowest BCUT2D eigenvalue weighted by Gasteiger charge is -2.01. The molecule has 2 aromatic rings. The number of carboxylic acid groups (broad SMARTS) is 1. The number of carboxylic acids is 1. The van der Waals surface area contributed by atoms with Crippen molar-refractivity contribution in [1.29, 1.82) is 0 Å². The van der Waals surface area contributed by atoms with Gasteiger partial charge in [-0.1, -0.05) is 16.6 Å². The van der Waals surface area contributed by atoms with E-state index in [-0.39, 0.29) is 5.91 Å². The van der Waals surface area contributed by atoms with Gasteiger partial charge in [-0.25, -0.2) is 4.79 Å². The van der Waals surface area contributed by atoms with Crippen molar-refractivity contribution >= 4 is 34.5 Å². The number of benzene rings is 1. The van der Waals surface area contributed by atoms with Crippen LogP contribution in [-0.2, 0) is 4.79 Å². The van der Waals surface area contributed by atoms with Crippen LogP contribution in [0.25, 0.3) is 6.08 Å². The third kappa shape index (κ3) is 3.71. The summed E-state index contributed by atoms with van der Waals surface area (Å²) in [6.07, 6.45) is 3.96. The van der Waals surface area contributed by atoms with Gasteiger partial charge in [0.05, 0.1) is 6.20 Å². The number of anilines is 1. The Morgan fingerprint density at radius 3 is 2.58 bits per heavy atom. The van der Waals surface area contributed by atoms with Crippen molar-refractivity contribution in [2.24, 2.45) is 0 Å². The number of carbonyl (C=O) groups excluding carboxylic acids is 1. The number of rotatable bonds is 4. The minimum absolute atomic E-state index is 0.264. The molecule has 1 heterocycles. The third-order valence-corrected chi connectivity index (χ3v) is 2.77. The molecule has 0 spiro atoms. The van der Waals surface area contributed by atoms with Crippen LogP contribution in [0.4, 0.5) is 5.00 Å². The van der Waals surface area contributed by atoms with Gasteiger partial charge in [0.25, 0.3) is 5.91 Å². The molecule has 2 rings (SSSR count). The highest BCUT2D eigenvalue weighted by atomic mass is 32.1. The lowest BCUT2D eigenvalue weighted by molar-refractivity contribution is -0.131. The highest BCUT2D eigenvalue weighted by molar-refractivity contribution is 7.10. The van der Waals surface area contributed by atoms with E-state index < -0.39 is 5.97 Å². The van der Waals surface area contributed by atoms with Crippen LogP contribution in [0, 0.1) is 0 Å². The van der Waals surface area contributed by atoms with E-state index in [1.807, 2.05) is 0 Å². The molecule has 0 aliphatic rings. The highest BCUT2D eigenvalue weighted by Gasteiger charge is 2.06. The molecule has 0 unspecified atom stereocenters. The van der Waals surface area contributed by atoms with Crippen molar-refractivity contribution in [2.75, 3.05) is 5.32 Å². The molecule has 0 saturated carbocycles. The van der Waals surface area contributed by atoms with Crippen LogP contribution in [-0.4, -0.2) is 26.6 Å². The van der Waals surface area contributed by atoms with Gasteiger partial charge in [-0.3, -0.25) is 4.79 Å². The third-order valence-electron chi connectivity index (χ3n) is 2.19. The molecule has 19 heavy (non-hydrogen) atoms. The average molecular weight is 275 g/mol. The number of aromatic nitrogens is 2. The minimum Gasteiger partial charge on any atom is -0.478 e. The Morgan fingerprint density at radius 1 is 1.26 bits per heavy atom. The number of nitrogens with one attached hydrogen (secondary N) is 1. The summed E-state index contributed by atoms with van der Waals surface area (Å²) >= 11 is 1.09. The first-order valence-electron chi connectivity index (χ1n) is 5.25. The van der Waals surface area contributed by atoms with Crippen molar-refractivity contribution < 1.29 is 14.7 Å². The van der Waals surface area contributed by atoms with Crippen molar-refractivity contribution in [3.63, 3.8) is 0 Å². The van der Waals surface area contributed by atoms with Crippen molar-refractivity contribution in [3.8, 4) is 0 Å². The van der Waals surface area contributed by atoms with E-state index in [9.17, 15) is 9.59 Å². The van der Waals surface area contributed by atoms with Crippen LogP contribution >= 0.6 is 11.5 Å². The topological polar surface area (TPSA) is 92.2 Å². The normalized spacial score (nSPS) is 10.5. The zero-order valence-electron chi connectivity index (χ0n) is 9.61. The maximum absolute atomic E-state index is 11.8. The zero-order valence-corrected chi connectivity index (χ0v) is 10.4. The fraction of sp³-hybridized carbons (Fsp3) is 0. The Balaban J connectivity index is 2.05. The number of carbonyl (C=O) groups is 2. The Bertz CT molecular complexity index is 606. The molecule has 1 aromatic carbocycles. The smallest absolute Gasteiger partial charge is 0.328 e. The Labute approximate surface area is 112 Å². The van der Waals surface area contributed by atoms with Crippen LogP contribution in [0.5, 0.6) is 0 Å². The van der Waals surface area contributed by atoms with Crippen LogP contribution in [0.2, 0.25) is 0 Å². The maximum Gasteiger partial charge on any atom is 0.328 e. The van der Waals surface area contributed by atoms with Crippen molar-refractivity contribution in [1.82, 2.24) is 9.59 Å². The first kappa shape index (κ1) is 12.9. The second kappa shape index (κ2) is 5.87. The number of hydrogen-bond donors (Lipinski definition) is 2. The average Bonchev–Trinajstić information content (AvgIpc) is 2.89. The molecule has 6 nitrogen and oxygen atoms in total. The van der Waals surface area contributed by atoms with E-state index in [2.05, 4.69) is 14.9 Å². The summed E-state index contributed by atoms with van der Waals surface area (Å²) in [5.41, 5.74) is 1.18. The summed E-state index contributed by atoms with van der Waals surface area (Å²) in [6.45, 7) is 0. The van der Waals surface area contributed by atoms with Gasteiger partial charge < -0.3 is 10.4 Å².